The van der Waals surface area contributed by atoms with Crippen molar-refractivity contribution in [1.82, 2.24) is 0 Å². The summed E-state index contributed by atoms with van der Waals surface area (Å²) in [5.74, 6) is -0.803. The second-order valence-corrected chi connectivity index (χ2v) is 2.40. The van der Waals surface area contributed by atoms with Gasteiger partial charge in [0, 0.05) is 5.56 Å². The summed E-state index contributed by atoms with van der Waals surface area (Å²) in [6.45, 7) is 1.90. The summed E-state index contributed by atoms with van der Waals surface area (Å²) < 4.78 is 4.18. The van der Waals surface area contributed by atoms with E-state index in [4.69, 9.17) is 0 Å². The van der Waals surface area contributed by atoms with Gasteiger partial charge in [-0.15, -0.1) is 0 Å². The molecule has 1 aromatic carbocycles. The van der Waals surface area contributed by atoms with Crippen LogP contribution in [0.2, 0.25) is 0 Å². The lowest BCUT2D eigenvalue weighted by Gasteiger charge is -1.88. The highest BCUT2D eigenvalue weighted by Gasteiger charge is 1.91. The first-order valence-corrected chi connectivity index (χ1v) is 4.36. The quantitative estimate of drug-likeness (QED) is 0.426. The van der Waals surface area contributed by atoms with E-state index in [0.29, 0.717) is 0 Å². The number of hydrogen-bond donors (Lipinski definition) is 0. The number of rotatable bonds is 3. The smallest absolute Gasteiger partial charge is 0.371 e. The van der Waals surface area contributed by atoms with Crippen molar-refractivity contribution in [2.45, 2.75) is 6.92 Å². The first kappa shape index (κ1) is 13.0. The molecule has 1 rings (SSSR count). The monoisotopic (exact) mass is 208 g/mol. The van der Waals surface area contributed by atoms with Crippen LogP contribution in [-0.4, -0.2) is 25.1 Å². The largest absolute Gasteiger partial charge is 0.460 e. The topological polar surface area (TPSA) is 60.4 Å². The zero-order valence-corrected chi connectivity index (χ0v) is 8.38. The van der Waals surface area contributed by atoms with Gasteiger partial charge < -0.3 is 4.74 Å². The van der Waals surface area contributed by atoms with E-state index in [1.807, 2.05) is 18.2 Å². The summed E-state index contributed by atoms with van der Waals surface area (Å²) in [5, 5.41) is 0. The maximum Gasteiger partial charge on any atom is 0.371 e. The third kappa shape index (κ3) is 7.13. The number of carbonyl (C=O) groups is 3. The van der Waals surface area contributed by atoms with Gasteiger partial charge in [-0.2, -0.15) is 0 Å². The predicted octanol–water partition coefficient (Wildman–Crippen LogP) is 1.25. The predicted molar refractivity (Wildman–Crippen MR) is 54.5 cm³/mol. The maximum absolute atomic E-state index is 10.0. The van der Waals surface area contributed by atoms with E-state index in [1.54, 1.807) is 19.1 Å². The molecule has 0 atom stereocenters. The first-order valence-electron chi connectivity index (χ1n) is 4.36. The van der Waals surface area contributed by atoms with Crippen molar-refractivity contribution in [1.29, 1.82) is 0 Å². The van der Waals surface area contributed by atoms with Gasteiger partial charge in [0.2, 0.25) is 6.29 Å². The molecule has 0 radical (unpaired) electrons. The average molecular weight is 208 g/mol. The molecule has 0 unspecified atom stereocenters. The fraction of sp³-hybridized carbons (Fsp3) is 0.182. The minimum atomic E-state index is -0.803. The third-order valence-electron chi connectivity index (χ3n) is 1.32. The van der Waals surface area contributed by atoms with Crippen molar-refractivity contribution in [2.24, 2.45) is 0 Å². The van der Waals surface area contributed by atoms with Crippen LogP contribution in [0, 0.1) is 0 Å². The van der Waals surface area contributed by atoms with E-state index < -0.39 is 5.97 Å². The molecular formula is C11H12O4. The van der Waals surface area contributed by atoms with Crippen LogP contribution >= 0.6 is 0 Å². The van der Waals surface area contributed by atoms with Crippen molar-refractivity contribution in [3.8, 4) is 0 Å². The van der Waals surface area contributed by atoms with Gasteiger partial charge in [0.15, 0.2) is 0 Å². The van der Waals surface area contributed by atoms with Crippen LogP contribution in [0.15, 0.2) is 30.3 Å². The standard InChI is InChI=1S/C7H6O.C4H6O3/c8-6-7-4-2-1-3-5-7;1-2-7-4(6)3-5/h1-6H;3H,2H2,1H3. The summed E-state index contributed by atoms with van der Waals surface area (Å²) >= 11 is 0. The highest BCUT2D eigenvalue weighted by Crippen LogP contribution is 1.91. The first-order chi connectivity index (χ1) is 7.24. The molecule has 1 aromatic rings. The van der Waals surface area contributed by atoms with E-state index in [1.165, 1.54) is 0 Å². The molecule has 4 heteroatoms. The van der Waals surface area contributed by atoms with Gasteiger partial charge in [0.05, 0.1) is 6.61 Å². The summed E-state index contributed by atoms with van der Waals surface area (Å²) in [7, 11) is 0. The molecule has 0 saturated heterocycles. The molecule has 0 heterocycles. The van der Waals surface area contributed by atoms with Crippen LogP contribution in [-0.2, 0) is 14.3 Å². The number of ether oxygens (including phenoxy) is 1. The Kier molecular flexibility index (Phi) is 7.49. The maximum atomic E-state index is 10.0. The van der Waals surface area contributed by atoms with Crippen LogP contribution in [0.1, 0.15) is 17.3 Å². The Morgan fingerprint density at radius 1 is 1.27 bits per heavy atom. The molecule has 15 heavy (non-hydrogen) atoms. The van der Waals surface area contributed by atoms with Crippen molar-refractivity contribution >= 4 is 18.5 Å². The van der Waals surface area contributed by atoms with Gasteiger partial charge in [-0.25, -0.2) is 4.79 Å². The molecule has 0 fully saturated rings. The Hall–Kier alpha value is -1.97. The van der Waals surface area contributed by atoms with E-state index in [9.17, 15) is 14.4 Å². The van der Waals surface area contributed by atoms with Crippen LogP contribution in [0.3, 0.4) is 0 Å². The van der Waals surface area contributed by atoms with E-state index in [-0.39, 0.29) is 12.9 Å². The lowest BCUT2D eigenvalue weighted by molar-refractivity contribution is -0.148. The SMILES string of the molecule is CCOC(=O)C=O.O=Cc1ccccc1. The van der Waals surface area contributed by atoms with Crippen molar-refractivity contribution in [3.63, 3.8) is 0 Å². The normalized spacial score (nSPS) is 8.07. The molecule has 0 aromatic heterocycles. The molecule has 0 amide bonds. The summed E-state index contributed by atoms with van der Waals surface area (Å²) in [4.78, 5) is 29.2. The van der Waals surface area contributed by atoms with Gasteiger partial charge in [-0.05, 0) is 6.92 Å². The summed E-state index contributed by atoms with van der Waals surface area (Å²) in [6, 6.07) is 9.10. The molecule has 0 spiro atoms. The van der Waals surface area contributed by atoms with Gasteiger partial charge in [-0.3, -0.25) is 9.59 Å². The minimum Gasteiger partial charge on any atom is -0.460 e. The van der Waals surface area contributed by atoms with Crippen molar-refractivity contribution in [2.75, 3.05) is 6.61 Å². The third-order valence-corrected chi connectivity index (χ3v) is 1.32. The molecule has 0 N–H and O–H groups in total. The number of carbonyl (C=O) groups excluding carboxylic acids is 3. The van der Waals surface area contributed by atoms with Gasteiger partial charge in [0.25, 0.3) is 0 Å². The Labute approximate surface area is 87.9 Å². The second-order valence-electron chi connectivity index (χ2n) is 2.40. The van der Waals surface area contributed by atoms with Crippen molar-refractivity contribution < 1.29 is 19.1 Å². The number of benzene rings is 1. The highest BCUT2D eigenvalue weighted by atomic mass is 16.5. The molecule has 0 bridgehead atoms. The number of hydrogen-bond acceptors (Lipinski definition) is 4. The van der Waals surface area contributed by atoms with Crippen molar-refractivity contribution in [3.05, 3.63) is 35.9 Å². The van der Waals surface area contributed by atoms with Crippen LogP contribution in [0.25, 0.3) is 0 Å². The van der Waals surface area contributed by atoms with Crippen LogP contribution in [0.5, 0.6) is 0 Å². The Bertz CT molecular complexity index is 306. The van der Waals surface area contributed by atoms with E-state index in [2.05, 4.69) is 4.74 Å². The Morgan fingerprint density at radius 2 is 1.87 bits per heavy atom. The molecule has 80 valence electrons. The molecule has 0 aliphatic heterocycles. The molecule has 4 nitrogen and oxygen atoms in total. The zero-order chi connectivity index (χ0) is 11.5. The fourth-order valence-electron chi connectivity index (χ4n) is 0.708. The highest BCUT2D eigenvalue weighted by molar-refractivity contribution is 6.20. The summed E-state index contributed by atoms with van der Waals surface area (Å²) in [6.07, 6.45) is 0.976. The molecular weight excluding hydrogens is 196 g/mol. The lowest BCUT2D eigenvalue weighted by atomic mass is 10.2. The molecule has 0 aliphatic carbocycles. The Balaban J connectivity index is 0.000000265. The minimum absolute atomic E-state index is 0.142. The fourth-order valence-corrected chi connectivity index (χ4v) is 0.708. The van der Waals surface area contributed by atoms with Gasteiger partial charge in [-0.1, -0.05) is 30.3 Å². The second kappa shape index (κ2) is 8.62. The summed E-state index contributed by atoms with van der Waals surface area (Å²) in [5.41, 5.74) is 0.729. The number of esters is 1. The molecule has 0 aliphatic rings. The Morgan fingerprint density at radius 3 is 2.13 bits per heavy atom. The van der Waals surface area contributed by atoms with Gasteiger partial charge >= 0.3 is 5.97 Å². The number of aldehydes is 2. The van der Waals surface area contributed by atoms with Crippen LogP contribution in [0.4, 0.5) is 0 Å². The van der Waals surface area contributed by atoms with Gasteiger partial charge in [0.1, 0.15) is 6.29 Å². The van der Waals surface area contributed by atoms with E-state index in [0.717, 1.165) is 11.8 Å². The average Bonchev–Trinajstić information content (AvgIpc) is 2.31. The van der Waals surface area contributed by atoms with Crippen LogP contribution < -0.4 is 0 Å². The lowest BCUT2D eigenvalue weighted by Crippen LogP contribution is -2.03. The zero-order valence-electron chi connectivity index (χ0n) is 8.38. The van der Waals surface area contributed by atoms with E-state index >= 15 is 0 Å². The molecule has 0 saturated carbocycles.